The highest BCUT2D eigenvalue weighted by Gasteiger charge is 2.35. The zero-order chi connectivity index (χ0) is 18.8. The molecular formula is C22H26N2O2. The molecule has 26 heavy (non-hydrogen) atoms. The van der Waals surface area contributed by atoms with Crippen molar-refractivity contribution in [2.45, 2.75) is 40.0 Å². The molecule has 3 rings (SSSR count). The summed E-state index contributed by atoms with van der Waals surface area (Å²) in [6.07, 6.45) is 0.253. The fourth-order valence-corrected chi connectivity index (χ4v) is 3.32. The lowest BCUT2D eigenvalue weighted by Gasteiger charge is -2.19. The number of aryl methyl sites for hydroxylation is 2. The molecule has 0 saturated carbocycles. The van der Waals surface area contributed by atoms with Gasteiger partial charge in [0.05, 0.1) is 5.92 Å². The molecule has 1 aliphatic rings. The summed E-state index contributed by atoms with van der Waals surface area (Å²) in [5.74, 6) is 0.0444. The van der Waals surface area contributed by atoms with Gasteiger partial charge in [0.1, 0.15) is 0 Å². The third kappa shape index (κ3) is 3.79. The average molecular weight is 350 g/mol. The molecule has 2 aromatic rings. The number of carbonyl (C=O) groups is 2. The van der Waals surface area contributed by atoms with Crippen molar-refractivity contribution in [1.29, 1.82) is 0 Å². The third-order valence-corrected chi connectivity index (χ3v) is 5.00. The number of anilines is 2. The van der Waals surface area contributed by atoms with E-state index < -0.39 is 0 Å². The predicted molar refractivity (Wildman–Crippen MR) is 106 cm³/mol. The first-order valence-corrected chi connectivity index (χ1v) is 9.13. The van der Waals surface area contributed by atoms with E-state index in [0.717, 1.165) is 22.5 Å². The molecule has 136 valence electrons. The quantitative estimate of drug-likeness (QED) is 0.887. The summed E-state index contributed by atoms with van der Waals surface area (Å²) >= 11 is 0. The van der Waals surface area contributed by atoms with Gasteiger partial charge in [0, 0.05) is 24.3 Å². The van der Waals surface area contributed by atoms with E-state index in [1.165, 1.54) is 5.56 Å². The number of hydrogen-bond acceptors (Lipinski definition) is 2. The van der Waals surface area contributed by atoms with Crippen LogP contribution in [-0.4, -0.2) is 18.4 Å². The van der Waals surface area contributed by atoms with Crippen LogP contribution in [-0.2, 0) is 9.59 Å². The first-order chi connectivity index (χ1) is 12.3. The average Bonchev–Trinajstić information content (AvgIpc) is 2.99. The van der Waals surface area contributed by atoms with Gasteiger partial charge in [-0.15, -0.1) is 0 Å². The third-order valence-electron chi connectivity index (χ3n) is 5.00. The minimum absolute atomic E-state index is 0.00834. The van der Waals surface area contributed by atoms with Crippen LogP contribution in [0.5, 0.6) is 0 Å². The van der Waals surface area contributed by atoms with E-state index in [-0.39, 0.29) is 24.2 Å². The normalized spacial score (nSPS) is 17.0. The van der Waals surface area contributed by atoms with E-state index in [0.29, 0.717) is 12.5 Å². The second kappa shape index (κ2) is 7.32. The van der Waals surface area contributed by atoms with Gasteiger partial charge in [0.15, 0.2) is 0 Å². The number of benzene rings is 2. The number of nitrogens with zero attached hydrogens (tertiary/aromatic N) is 1. The Kier molecular flexibility index (Phi) is 5.12. The monoisotopic (exact) mass is 350 g/mol. The lowest BCUT2D eigenvalue weighted by molar-refractivity contribution is -0.122. The van der Waals surface area contributed by atoms with Gasteiger partial charge in [-0.1, -0.05) is 38.1 Å². The van der Waals surface area contributed by atoms with Crippen molar-refractivity contribution in [1.82, 2.24) is 0 Å². The highest BCUT2D eigenvalue weighted by molar-refractivity contribution is 6.03. The Labute approximate surface area is 155 Å². The number of rotatable bonds is 4. The SMILES string of the molecule is Cc1ccc(C)c(N2C[C@H](C(=O)Nc3ccc(C(C)C)cc3)CC2=O)c1. The largest absolute Gasteiger partial charge is 0.326 e. The Bertz CT molecular complexity index is 825. The lowest BCUT2D eigenvalue weighted by atomic mass is 10.0. The van der Waals surface area contributed by atoms with Crippen molar-refractivity contribution in [3.8, 4) is 0 Å². The molecule has 0 aromatic heterocycles. The molecule has 4 heteroatoms. The highest BCUT2D eigenvalue weighted by Crippen LogP contribution is 2.29. The van der Waals surface area contributed by atoms with Crippen molar-refractivity contribution >= 4 is 23.2 Å². The summed E-state index contributed by atoms with van der Waals surface area (Å²) in [6, 6.07) is 14.0. The first kappa shape index (κ1) is 18.2. The van der Waals surface area contributed by atoms with E-state index in [9.17, 15) is 9.59 Å². The van der Waals surface area contributed by atoms with Gasteiger partial charge < -0.3 is 10.2 Å². The Balaban J connectivity index is 1.70. The molecule has 4 nitrogen and oxygen atoms in total. The Morgan fingerprint density at radius 3 is 2.46 bits per heavy atom. The van der Waals surface area contributed by atoms with Crippen molar-refractivity contribution in [2.24, 2.45) is 5.92 Å². The summed E-state index contributed by atoms with van der Waals surface area (Å²) in [5.41, 5.74) is 5.08. The number of nitrogens with one attached hydrogen (secondary N) is 1. The highest BCUT2D eigenvalue weighted by atomic mass is 16.2. The van der Waals surface area contributed by atoms with E-state index in [1.54, 1.807) is 4.90 Å². The van der Waals surface area contributed by atoms with Gasteiger partial charge >= 0.3 is 0 Å². The van der Waals surface area contributed by atoms with Crippen molar-refractivity contribution < 1.29 is 9.59 Å². The van der Waals surface area contributed by atoms with Crippen molar-refractivity contribution in [2.75, 3.05) is 16.8 Å². The summed E-state index contributed by atoms with van der Waals surface area (Å²) < 4.78 is 0. The van der Waals surface area contributed by atoms with Gasteiger partial charge in [0.2, 0.25) is 11.8 Å². The molecular weight excluding hydrogens is 324 g/mol. The lowest BCUT2D eigenvalue weighted by Crippen LogP contribution is -2.28. The topological polar surface area (TPSA) is 49.4 Å². The molecule has 0 unspecified atom stereocenters. The molecule has 0 aliphatic carbocycles. The van der Waals surface area contributed by atoms with Crippen LogP contribution in [0.15, 0.2) is 42.5 Å². The van der Waals surface area contributed by atoms with Crippen LogP contribution in [0.25, 0.3) is 0 Å². The second-order valence-corrected chi connectivity index (χ2v) is 7.46. The summed E-state index contributed by atoms with van der Waals surface area (Å²) in [7, 11) is 0. The smallest absolute Gasteiger partial charge is 0.229 e. The van der Waals surface area contributed by atoms with Crippen molar-refractivity contribution in [3.05, 3.63) is 59.2 Å². The van der Waals surface area contributed by atoms with Crippen LogP contribution in [0.2, 0.25) is 0 Å². The second-order valence-electron chi connectivity index (χ2n) is 7.46. The Morgan fingerprint density at radius 2 is 1.81 bits per heavy atom. The molecule has 1 N–H and O–H groups in total. The van der Waals surface area contributed by atoms with Crippen LogP contribution >= 0.6 is 0 Å². The molecule has 1 fully saturated rings. The molecule has 0 radical (unpaired) electrons. The van der Waals surface area contributed by atoms with E-state index >= 15 is 0 Å². The fraction of sp³-hybridized carbons (Fsp3) is 0.364. The summed E-state index contributed by atoms with van der Waals surface area (Å²) in [6.45, 7) is 8.71. The predicted octanol–water partition coefficient (Wildman–Crippen LogP) is 4.42. The Hall–Kier alpha value is -2.62. The van der Waals surface area contributed by atoms with Crippen molar-refractivity contribution in [3.63, 3.8) is 0 Å². The maximum atomic E-state index is 12.6. The summed E-state index contributed by atoms with van der Waals surface area (Å²) in [4.78, 5) is 26.8. The van der Waals surface area contributed by atoms with Crippen LogP contribution in [0.1, 0.15) is 42.9 Å². The van der Waals surface area contributed by atoms with Gasteiger partial charge in [-0.2, -0.15) is 0 Å². The molecule has 1 heterocycles. The molecule has 0 spiro atoms. The van der Waals surface area contributed by atoms with Crippen LogP contribution in [0.3, 0.4) is 0 Å². The maximum absolute atomic E-state index is 12.6. The van der Waals surface area contributed by atoms with E-state index in [2.05, 4.69) is 19.2 Å². The van der Waals surface area contributed by atoms with Crippen LogP contribution < -0.4 is 10.2 Å². The molecule has 2 amide bonds. The minimum Gasteiger partial charge on any atom is -0.326 e. The van der Waals surface area contributed by atoms with E-state index in [1.807, 2.05) is 56.3 Å². The van der Waals surface area contributed by atoms with Crippen LogP contribution in [0, 0.1) is 19.8 Å². The molecule has 1 atom stereocenters. The maximum Gasteiger partial charge on any atom is 0.229 e. The molecule has 0 bridgehead atoms. The van der Waals surface area contributed by atoms with Gasteiger partial charge in [-0.05, 0) is 54.7 Å². The van der Waals surface area contributed by atoms with Gasteiger partial charge in [0.25, 0.3) is 0 Å². The van der Waals surface area contributed by atoms with Gasteiger partial charge in [-0.3, -0.25) is 9.59 Å². The van der Waals surface area contributed by atoms with E-state index in [4.69, 9.17) is 0 Å². The van der Waals surface area contributed by atoms with Crippen LogP contribution in [0.4, 0.5) is 11.4 Å². The molecule has 1 saturated heterocycles. The zero-order valence-corrected chi connectivity index (χ0v) is 15.9. The molecule has 1 aliphatic heterocycles. The Morgan fingerprint density at radius 1 is 1.12 bits per heavy atom. The first-order valence-electron chi connectivity index (χ1n) is 9.13. The zero-order valence-electron chi connectivity index (χ0n) is 15.9. The summed E-state index contributed by atoms with van der Waals surface area (Å²) in [5, 5.41) is 2.95. The number of hydrogen-bond donors (Lipinski definition) is 1. The number of amides is 2. The minimum atomic E-state index is -0.327. The molecule has 2 aromatic carbocycles. The standard InChI is InChI=1S/C22H26N2O2/c1-14(2)17-7-9-19(10-8-17)23-22(26)18-12-21(25)24(13-18)20-11-15(3)5-6-16(20)4/h5-11,14,18H,12-13H2,1-4H3,(H,23,26)/t18-/m1/s1. The van der Waals surface area contributed by atoms with Gasteiger partial charge in [-0.25, -0.2) is 0 Å². The number of carbonyl (C=O) groups excluding carboxylic acids is 2. The fourth-order valence-electron chi connectivity index (χ4n) is 3.32.